The lowest BCUT2D eigenvalue weighted by molar-refractivity contribution is -0.145. The molecule has 192 valence electrons. The van der Waals surface area contributed by atoms with Crippen LogP contribution in [0.3, 0.4) is 0 Å². The number of imide groups is 2. The first-order valence-corrected chi connectivity index (χ1v) is 11.6. The molecule has 1 aromatic rings. The zero-order valence-corrected chi connectivity index (χ0v) is 20.5. The van der Waals surface area contributed by atoms with Crippen molar-refractivity contribution in [2.45, 2.75) is 63.8 Å². The van der Waals surface area contributed by atoms with Gasteiger partial charge in [-0.25, -0.2) is 9.59 Å². The number of methoxy groups -OCH3 is 1. The van der Waals surface area contributed by atoms with Crippen LogP contribution < -0.4 is 10.6 Å². The predicted molar refractivity (Wildman–Crippen MR) is 124 cm³/mol. The molecule has 0 aromatic heterocycles. The zero-order valence-electron chi connectivity index (χ0n) is 20.5. The topological polar surface area (TPSA) is 151 Å². The third kappa shape index (κ3) is 4.62. The molecule has 0 saturated carbocycles. The van der Waals surface area contributed by atoms with Gasteiger partial charge in [-0.05, 0) is 39.3 Å². The number of amides is 5. The maximum absolute atomic E-state index is 13.3. The fourth-order valence-electron chi connectivity index (χ4n) is 4.68. The maximum atomic E-state index is 13.3. The van der Waals surface area contributed by atoms with Gasteiger partial charge in [0.25, 0.3) is 11.8 Å². The smallest absolute Gasteiger partial charge is 0.411 e. The highest BCUT2D eigenvalue weighted by Crippen LogP contribution is 2.34. The molecule has 12 heteroatoms. The number of nitrogens with zero attached hydrogens (tertiary/aromatic N) is 2. The lowest BCUT2D eigenvalue weighted by Gasteiger charge is -2.28. The van der Waals surface area contributed by atoms with Crippen molar-refractivity contribution in [3.8, 4) is 0 Å². The van der Waals surface area contributed by atoms with Crippen LogP contribution in [0.2, 0.25) is 0 Å². The number of hydrogen-bond donors (Lipinski definition) is 2. The summed E-state index contributed by atoms with van der Waals surface area (Å²) >= 11 is 0. The van der Waals surface area contributed by atoms with Gasteiger partial charge in [0.05, 0.1) is 18.2 Å². The van der Waals surface area contributed by atoms with Crippen LogP contribution in [-0.4, -0.2) is 82.9 Å². The van der Waals surface area contributed by atoms with E-state index in [-0.39, 0.29) is 36.9 Å². The molecule has 3 aliphatic heterocycles. The Bertz CT molecular complexity index is 1160. The minimum Gasteiger partial charge on any atom is -0.467 e. The van der Waals surface area contributed by atoms with E-state index >= 15 is 0 Å². The molecule has 1 aromatic carbocycles. The number of benzene rings is 1. The molecule has 2 fully saturated rings. The Balaban J connectivity index is 1.57. The van der Waals surface area contributed by atoms with Gasteiger partial charge in [-0.15, -0.1) is 0 Å². The van der Waals surface area contributed by atoms with Crippen molar-refractivity contribution in [2.24, 2.45) is 0 Å². The van der Waals surface area contributed by atoms with Crippen LogP contribution in [0.1, 0.15) is 60.7 Å². The van der Waals surface area contributed by atoms with E-state index in [4.69, 9.17) is 9.47 Å². The Hall–Kier alpha value is -3.96. The average Bonchev–Trinajstić information content (AvgIpc) is 3.32. The van der Waals surface area contributed by atoms with Crippen molar-refractivity contribution < 1.29 is 38.2 Å². The van der Waals surface area contributed by atoms with E-state index in [2.05, 4.69) is 10.6 Å². The van der Waals surface area contributed by atoms with Gasteiger partial charge in [0, 0.05) is 31.1 Å². The third-order valence-electron chi connectivity index (χ3n) is 6.23. The van der Waals surface area contributed by atoms with E-state index in [9.17, 15) is 28.8 Å². The molecule has 1 unspecified atom stereocenters. The summed E-state index contributed by atoms with van der Waals surface area (Å²) in [6.45, 7) is 5.24. The number of piperidine rings is 1. The van der Waals surface area contributed by atoms with E-state index < -0.39 is 59.4 Å². The minimum absolute atomic E-state index is 0.0202. The first-order valence-electron chi connectivity index (χ1n) is 11.6. The van der Waals surface area contributed by atoms with Gasteiger partial charge in [0.2, 0.25) is 11.8 Å². The third-order valence-corrected chi connectivity index (χ3v) is 6.23. The van der Waals surface area contributed by atoms with E-state index in [1.165, 1.54) is 18.1 Å². The molecule has 2 N–H and O–H groups in total. The van der Waals surface area contributed by atoms with E-state index in [0.29, 0.717) is 5.69 Å². The molecule has 3 atom stereocenters. The quantitative estimate of drug-likeness (QED) is 0.456. The summed E-state index contributed by atoms with van der Waals surface area (Å²) < 4.78 is 10.3. The number of ether oxygens (including phenoxy) is 2. The van der Waals surface area contributed by atoms with Crippen LogP contribution in [0.25, 0.3) is 0 Å². The first-order chi connectivity index (χ1) is 16.9. The van der Waals surface area contributed by atoms with Crippen molar-refractivity contribution in [1.82, 2.24) is 15.1 Å². The van der Waals surface area contributed by atoms with Gasteiger partial charge < -0.3 is 14.8 Å². The second-order valence-corrected chi connectivity index (χ2v) is 9.92. The summed E-state index contributed by atoms with van der Waals surface area (Å²) in [6.07, 6.45) is -0.412. The highest BCUT2D eigenvalue weighted by molar-refractivity contribution is 6.25. The number of carbonyl (C=O) groups excluding carboxylic acids is 6. The van der Waals surface area contributed by atoms with Gasteiger partial charge in [0.15, 0.2) is 0 Å². The molecule has 0 aliphatic carbocycles. The molecular weight excluding hydrogens is 472 g/mol. The number of hydrogen-bond acceptors (Lipinski definition) is 9. The lowest BCUT2D eigenvalue weighted by Crippen LogP contribution is -2.54. The van der Waals surface area contributed by atoms with Gasteiger partial charge >= 0.3 is 12.1 Å². The first kappa shape index (κ1) is 25.1. The normalized spacial score (nSPS) is 23.9. The maximum Gasteiger partial charge on any atom is 0.411 e. The molecule has 5 amide bonds. The number of likely N-dealkylation sites (tertiary alicyclic amines) is 1. The van der Waals surface area contributed by atoms with Crippen molar-refractivity contribution in [3.63, 3.8) is 0 Å². The SMILES string of the molecule is COC(=O)[C@@H]1C[C@H](Nc2cccc3c2C(=O)N(C2CCC(=O)NC2=O)C3=O)CN1C(=O)OC(C)(C)C. The summed E-state index contributed by atoms with van der Waals surface area (Å²) in [4.78, 5) is 77.5. The van der Waals surface area contributed by atoms with Gasteiger partial charge in [-0.3, -0.25) is 34.3 Å². The number of fused-ring (bicyclic) bond motifs is 1. The summed E-state index contributed by atoms with van der Waals surface area (Å²) in [5.74, 6) is -3.02. The fourth-order valence-corrected chi connectivity index (χ4v) is 4.68. The average molecular weight is 501 g/mol. The highest BCUT2D eigenvalue weighted by atomic mass is 16.6. The number of nitrogens with one attached hydrogen (secondary N) is 2. The van der Waals surface area contributed by atoms with Crippen molar-refractivity contribution in [2.75, 3.05) is 19.0 Å². The van der Waals surface area contributed by atoms with Crippen molar-refractivity contribution in [1.29, 1.82) is 0 Å². The monoisotopic (exact) mass is 500 g/mol. The summed E-state index contributed by atoms with van der Waals surface area (Å²) in [7, 11) is 1.23. The second kappa shape index (κ2) is 9.25. The summed E-state index contributed by atoms with van der Waals surface area (Å²) in [6, 6.07) is 2.27. The van der Waals surface area contributed by atoms with Crippen LogP contribution in [0.15, 0.2) is 18.2 Å². The van der Waals surface area contributed by atoms with Crippen LogP contribution >= 0.6 is 0 Å². The molecular formula is C24H28N4O8. The Kier molecular flexibility index (Phi) is 6.46. The van der Waals surface area contributed by atoms with E-state index in [1.54, 1.807) is 32.9 Å². The molecule has 2 saturated heterocycles. The van der Waals surface area contributed by atoms with Crippen molar-refractivity contribution in [3.05, 3.63) is 29.3 Å². The Morgan fingerprint density at radius 2 is 1.83 bits per heavy atom. The van der Waals surface area contributed by atoms with Crippen LogP contribution in [0.4, 0.5) is 10.5 Å². The van der Waals surface area contributed by atoms with Crippen LogP contribution in [-0.2, 0) is 23.9 Å². The molecule has 36 heavy (non-hydrogen) atoms. The fraction of sp³-hybridized carbons (Fsp3) is 0.500. The summed E-state index contributed by atoms with van der Waals surface area (Å²) in [5.41, 5.74) is -0.213. The summed E-state index contributed by atoms with van der Waals surface area (Å²) in [5, 5.41) is 5.35. The van der Waals surface area contributed by atoms with Crippen LogP contribution in [0.5, 0.6) is 0 Å². The van der Waals surface area contributed by atoms with Gasteiger partial charge in [-0.1, -0.05) is 6.07 Å². The largest absolute Gasteiger partial charge is 0.467 e. The standard InChI is InChI=1S/C24H28N4O8/c1-24(2,3)36-23(34)27-11-12(10-16(27)22(33)35-4)25-14-7-5-6-13-18(14)21(32)28(20(13)31)15-8-9-17(29)26-19(15)30/h5-7,12,15-16,25H,8-11H2,1-4H3,(H,26,29,30)/t12-,15?,16-/m0/s1. The molecule has 3 heterocycles. The number of carbonyl (C=O) groups is 6. The molecule has 4 rings (SSSR count). The molecule has 12 nitrogen and oxygen atoms in total. The van der Waals surface area contributed by atoms with E-state index in [0.717, 1.165) is 4.90 Å². The van der Waals surface area contributed by atoms with Gasteiger partial charge in [-0.2, -0.15) is 0 Å². The lowest BCUT2D eigenvalue weighted by atomic mass is 10.0. The molecule has 0 radical (unpaired) electrons. The number of anilines is 1. The molecule has 0 spiro atoms. The minimum atomic E-state index is -1.08. The highest BCUT2D eigenvalue weighted by Gasteiger charge is 2.47. The number of esters is 1. The Morgan fingerprint density at radius 1 is 1.11 bits per heavy atom. The van der Waals surface area contributed by atoms with Crippen LogP contribution in [0, 0.1) is 0 Å². The molecule has 0 bridgehead atoms. The number of rotatable bonds is 4. The Labute approximate surface area is 207 Å². The second-order valence-electron chi connectivity index (χ2n) is 9.92. The van der Waals surface area contributed by atoms with Gasteiger partial charge in [0.1, 0.15) is 17.7 Å². The zero-order chi connectivity index (χ0) is 26.4. The van der Waals surface area contributed by atoms with E-state index in [1.807, 2.05) is 0 Å². The predicted octanol–water partition coefficient (Wildman–Crippen LogP) is 1.05. The molecule has 3 aliphatic rings. The Morgan fingerprint density at radius 3 is 2.47 bits per heavy atom. The van der Waals surface area contributed by atoms with Crippen molar-refractivity contribution >= 4 is 41.4 Å².